The molecule has 0 saturated heterocycles. The highest BCUT2D eigenvalue weighted by atomic mass is 15.1. The van der Waals surface area contributed by atoms with Gasteiger partial charge in [0, 0.05) is 19.1 Å². The standard InChI is InChI=1S/C18H30N2/c1-4-12-19-18(17-10-6-15(3)7-11-17)14-20(5-2)13-16-8-9-16/h6-7,10-11,16,18-19H,4-5,8-9,12-14H2,1-3H3. The SMILES string of the molecule is CCCNC(CN(CC)CC1CC1)c1ccc(C)cc1. The zero-order chi connectivity index (χ0) is 14.4. The summed E-state index contributed by atoms with van der Waals surface area (Å²) in [6, 6.07) is 9.50. The maximum atomic E-state index is 3.72. The van der Waals surface area contributed by atoms with Gasteiger partial charge in [0.2, 0.25) is 0 Å². The molecule has 0 spiro atoms. The molecule has 1 N–H and O–H groups in total. The van der Waals surface area contributed by atoms with E-state index in [9.17, 15) is 0 Å². The van der Waals surface area contributed by atoms with Crippen LogP contribution >= 0.6 is 0 Å². The van der Waals surface area contributed by atoms with Crippen LogP contribution in [-0.4, -0.2) is 31.1 Å². The van der Waals surface area contributed by atoms with Crippen molar-refractivity contribution in [2.45, 2.75) is 46.1 Å². The summed E-state index contributed by atoms with van der Waals surface area (Å²) in [5.41, 5.74) is 2.77. The Kier molecular flexibility index (Phi) is 6.06. The third-order valence-electron chi connectivity index (χ3n) is 4.22. The van der Waals surface area contributed by atoms with Gasteiger partial charge in [-0.15, -0.1) is 0 Å². The van der Waals surface area contributed by atoms with Crippen LogP contribution in [0.25, 0.3) is 0 Å². The van der Waals surface area contributed by atoms with Crippen LogP contribution < -0.4 is 5.32 Å². The minimum absolute atomic E-state index is 0.467. The van der Waals surface area contributed by atoms with Gasteiger partial charge in [0.25, 0.3) is 0 Å². The number of nitrogens with zero attached hydrogens (tertiary/aromatic N) is 1. The molecule has 2 rings (SSSR count). The van der Waals surface area contributed by atoms with Crippen LogP contribution in [0.5, 0.6) is 0 Å². The first-order valence-electron chi connectivity index (χ1n) is 8.25. The number of aryl methyl sites for hydroxylation is 1. The molecule has 1 unspecified atom stereocenters. The van der Waals surface area contributed by atoms with E-state index in [0.717, 1.165) is 25.6 Å². The van der Waals surface area contributed by atoms with E-state index in [1.807, 2.05) is 0 Å². The van der Waals surface area contributed by atoms with Crippen LogP contribution in [0.1, 0.15) is 50.3 Å². The number of benzene rings is 1. The second-order valence-electron chi connectivity index (χ2n) is 6.21. The maximum absolute atomic E-state index is 3.72. The Morgan fingerprint density at radius 2 is 1.90 bits per heavy atom. The minimum Gasteiger partial charge on any atom is -0.309 e. The first-order valence-corrected chi connectivity index (χ1v) is 8.25. The van der Waals surface area contributed by atoms with Crippen molar-refractivity contribution in [3.63, 3.8) is 0 Å². The molecular formula is C18H30N2. The summed E-state index contributed by atoms with van der Waals surface area (Å²) in [6.07, 6.45) is 4.07. The fourth-order valence-electron chi connectivity index (χ4n) is 2.66. The van der Waals surface area contributed by atoms with Crippen LogP contribution in [0, 0.1) is 12.8 Å². The van der Waals surface area contributed by atoms with Gasteiger partial charge in [0.1, 0.15) is 0 Å². The van der Waals surface area contributed by atoms with Crippen molar-refractivity contribution in [3.8, 4) is 0 Å². The van der Waals surface area contributed by atoms with Crippen LogP contribution in [0.15, 0.2) is 24.3 Å². The molecule has 20 heavy (non-hydrogen) atoms. The van der Waals surface area contributed by atoms with E-state index in [2.05, 4.69) is 55.3 Å². The number of hydrogen-bond acceptors (Lipinski definition) is 2. The van der Waals surface area contributed by atoms with Gasteiger partial charge in [-0.05, 0) is 50.8 Å². The Balaban J connectivity index is 1.99. The highest BCUT2D eigenvalue weighted by Crippen LogP contribution is 2.30. The first-order chi connectivity index (χ1) is 9.72. The van der Waals surface area contributed by atoms with E-state index >= 15 is 0 Å². The van der Waals surface area contributed by atoms with Gasteiger partial charge in [-0.1, -0.05) is 43.7 Å². The van der Waals surface area contributed by atoms with Gasteiger partial charge < -0.3 is 10.2 Å². The van der Waals surface area contributed by atoms with Crippen LogP contribution in [0.4, 0.5) is 0 Å². The molecule has 1 aliphatic carbocycles. The van der Waals surface area contributed by atoms with E-state index in [1.54, 1.807) is 0 Å². The average molecular weight is 274 g/mol. The largest absolute Gasteiger partial charge is 0.309 e. The summed E-state index contributed by atoms with van der Waals surface area (Å²) >= 11 is 0. The molecule has 2 heteroatoms. The summed E-state index contributed by atoms with van der Waals surface area (Å²) in [7, 11) is 0. The highest BCUT2D eigenvalue weighted by Gasteiger charge is 2.25. The predicted molar refractivity (Wildman–Crippen MR) is 87.1 cm³/mol. The lowest BCUT2D eigenvalue weighted by molar-refractivity contribution is 0.244. The molecule has 1 aromatic rings. The van der Waals surface area contributed by atoms with Gasteiger partial charge >= 0.3 is 0 Å². The second-order valence-corrected chi connectivity index (χ2v) is 6.21. The van der Waals surface area contributed by atoms with Crippen molar-refractivity contribution in [3.05, 3.63) is 35.4 Å². The van der Waals surface area contributed by atoms with Gasteiger partial charge in [-0.2, -0.15) is 0 Å². The van der Waals surface area contributed by atoms with Gasteiger partial charge in [-0.25, -0.2) is 0 Å². The average Bonchev–Trinajstić information content (AvgIpc) is 3.27. The monoisotopic (exact) mass is 274 g/mol. The molecule has 0 radical (unpaired) electrons. The van der Waals surface area contributed by atoms with Crippen LogP contribution in [0.3, 0.4) is 0 Å². The van der Waals surface area contributed by atoms with Crippen molar-refractivity contribution in [2.75, 3.05) is 26.2 Å². The molecule has 2 nitrogen and oxygen atoms in total. The smallest absolute Gasteiger partial charge is 0.0449 e. The molecule has 1 saturated carbocycles. The Morgan fingerprint density at radius 1 is 1.20 bits per heavy atom. The van der Waals surface area contributed by atoms with Gasteiger partial charge in [0.05, 0.1) is 0 Å². The van der Waals surface area contributed by atoms with E-state index in [1.165, 1.54) is 36.9 Å². The normalized spacial score (nSPS) is 16.6. The fourth-order valence-corrected chi connectivity index (χ4v) is 2.66. The maximum Gasteiger partial charge on any atom is 0.0449 e. The molecular weight excluding hydrogens is 244 g/mol. The van der Waals surface area contributed by atoms with Crippen molar-refractivity contribution in [1.29, 1.82) is 0 Å². The number of hydrogen-bond donors (Lipinski definition) is 1. The molecule has 1 aliphatic rings. The molecule has 1 atom stereocenters. The van der Waals surface area contributed by atoms with Crippen molar-refractivity contribution in [2.24, 2.45) is 5.92 Å². The zero-order valence-electron chi connectivity index (χ0n) is 13.4. The molecule has 112 valence electrons. The molecule has 1 aromatic carbocycles. The Bertz CT molecular complexity index is 381. The molecule has 0 aliphatic heterocycles. The molecule has 1 fully saturated rings. The summed E-state index contributed by atoms with van der Waals surface area (Å²) in [5, 5.41) is 3.72. The number of rotatable bonds is 9. The summed E-state index contributed by atoms with van der Waals surface area (Å²) in [6.45, 7) is 11.4. The zero-order valence-corrected chi connectivity index (χ0v) is 13.4. The van der Waals surface area contributed by atoms with E-state index in [4.69, 9.17) is 0 Å². The van der Waals surface area contributed by atoms with E-state index in [-0.39, 0.29) is 0 Å². The lowest BCUT2D eigenvalue weighted by atomic mass is 10.0. The van der Waals surface area contributed by atoms with Gasteiger partial charge in [-0.3, -0.25) is 0 Å². The molecule has 0 heterocycles. The van der Waals surface area contributed by atoms with E-state index < -0.39 is 0 Å². The molecule has 0 aromatic heterocycles. The number of nitrogens with one attached hydrogen (secondary N) is 1. The Morgan fingerprint density at radius 3 is 2.45 bits per heavy atom. The quantitative estimate of drug-likeness (QED) is 0.737. The summed E-state index contributed by atoms with van der Waals surface area (Å²) in [4.78, 5) is 2.62. The van der Waals surface area contributed by atoms with E-state index in [0.29, 0.717) is 6.04 Å². The lowest BCUT2D eigenvalue weighted by Crippen LogP contribution is -2.36. The Labute approximate surface area is 124 Å². The van der Waals surface area contributed by atoms with Gasteiger partial charge in [0.15, 0.2) is 0 Å². The van der Waals surface area contributed by atoms with Crippen LogP contribution in [-0.2, 0) is 0 Å². The topological polar surface area (TPSA) is 15.3 Å². The Hall–Kier alpha value is -0.860. The predicted octanol–water partition coefficient (Wildman–Crippen LogP) is 3.77. The fraction of sp³-hybridized carbons (Fsp3) is 0.667. The molecule has 0 bridgehead atoms. The highest BCUT2D eigenvalue weighted by molar-refractivity contribution is 5.24. The van der Waals surface area contributed by atoms with Crippen molar-refractivity contribution >= 4 is 0 Å². The van der Waals surface area contributed by atoms with Crippen molar-refractivity contribution in [1.82, 2.24) is 10.2 Å². The number of likely N-dealkylation sites (N-methyl/N-ethyl adjacent to an activating group) is 1. The third kappa shape index (κ3) is 4.92. The minimum atomic E-state index is 0.467. The first kappa shape index (κ1) is 15.5. The lowest BCUT2D eigenvalue weighted by Gasteiger charge is -2.27. The summed E-state index contributed by atoms with van der Waals surface area (Å²) in [5.74, 6) is 0.972. The second kappa shape index (κ2) is 7.80. The van der Waals surface area contributed by atoms with Crippen molar-refractivity contribution < 1.29 is 0 Å². The molecule has 0 amide bonds. The summed E-state index contributed by atoms with van der Waals surface area (Å²) < 4.78 is 0. The van der Waals surface area contributed by atoms with Crippen LogP contribution in [0.2, 0.25) is 0 Å². The third-order valence-corrected chi connectivity index (χ3v) is 4.22.